The standard InChI is InChI=1S/C14H18ClN3/c1-10-14(15)11(2)18(17-10)8-4-6-12-5-3-7-13(16)9-12/h3,5,7,9H,4,6,8,16H2,1-2H3. The van der Waals surface area contributed by atoms with Crippen molar-refractivity contribution in [3.8, 4) is 0 Å². The lowest BCUT2D eigenvalue weighted by molar-refractivity contribution is 0.562. The van der Waals surface area contributed by atoms with E-state index in [0.29, 0.717) is 0 Å². The van der Waals surface area contributed by atoms with Gasteiger partial charge in [-0.3, -0.25) is 4.68 Å². The van der Waals surface area contributed by atoms with Gasteiger partial charge in [0, 0.05) is 12.2 Å². The molecular weight excluding hydrogens is 246 g/mol. The maximum atomic E-state index is 6.12. The van der Waals surface area contributed by atoms with E-state index in [0.717, 1.165) is 41.5 Å². The Balaban J connectivity index is 1.94. The molecule has 0 atom stereocenters. The van der Waals surface area contributed by atoms with Gasteiger partial charge in [-0.2, -0.15) is 5.10 Å². The molecule has 1 aromatic heterocycles. The molecule has 1 heterocycles. The Labute approximate surface area is 113 Å². The van der Waals surface area contributed by atoms with Crippen LogP contribution in [0.1, 0.15) is 23.4 Å². The molecular formula is C14H18ClN3. The second kappa shape index (κ2) is 5.44. The van der Waals surface area contributed by atoms with E-state index < -0.39 is 0 Å². The minimum Gasteiger partial charge on any atom is -0.399 e. The number of nitrogens with zero attached hydrogens (tertiary/aromatic N) is 2. The van der Waals surface area contributed by atoms with Crippen molar-refractivity contribution in [1.82, 2.24) is 9.78 Å². The average Bonchev–Trinajstić information content (AvgIpc) is 2.57. The number of benzene rings is 1. The lowest BCUT2D eigenvalue weighted by Crippen LogP contribution is -2.04. The van der Waals surface area contributed by atoms with Crippen LogP contribution in [0.2, 0.25) is 5.02 Å². The number of aromatic nitrogens is 2. The molecule has 1 aromatic carbocycles. The zero-order chi connectivity index (χ0) is 13.1. The highest BCUT2D eigenvalue weighted by Gasteiger charge is 2.08. The lowest BCUT2D eigenvalue weighted by Gasteiger charge is -2.05. The smallest absolute Gasteiger partial charge is 0.0844 e. The minimum atomic E-state index is 0.777. The van der Waals surface area contributed by atoms with Crippen LogP contribution >= 0.6 is 11.6 Å². The molecule has 0 amide bonds. The molecule has 3 nitrogen and oxygen atoms in total. The van der Waals surface area contributed by atoms with Gasteiger partial charge in [-0.1, -0.05) is 23.7 Å². The van der Waals surface area contributed by atoms with Gasteiger partial charge in [-0.25, -0.2) is 0 Å². The van der Waals surface area contributed by atoms with Crippen molar-refractivity contribution in [3.63, 3.8) is 0 Å². The Morgan fingerprint density at radius 2 is 2.11 bits per heavy atom. The van der Waals surface area contributed by atoms with Crippen LogP contribution in [0.3, 0.4) is 0 Å². The Morgan fingerprint density at radius 1 is 1.33 bits per heavy atom. The van der Waals surface area contributed by atoms with Gasteiger partial charge < -0.3 is 5.73 Å². The Bertz CT molecular complexity index is 546. The molecule has 96 valence electrons. The summed E-state index contributed by atoms with van der Waals surface area (Å²) in [5, 5.41) is 5.20. The van der Waals surface area contributed by atoms with Crippen LogP contribution in [0.4, 0.5) is 5.69 Å². The Morgan fingerprint density at radius 3 is 2.72 bits per heavy atom. The number of rotatable bonds is 4. The van der Waals surface area contributed by atoms with Crippen molar-refractivity contribution in [2.45, 2.75) is 33.2 Å². The highest BCUT2D eigenvalue weighted by Crippen LogP contribution is 2.19. The van der Waals surface area contributed by atoms with Crippen molar-refractivity contribution < 1.29 is 0 Å². The largest absolute Gasteiger partial charge is 0.399 e. The molecule has 18 heavy (non-hydrogen) atoms. The third-order valence-corrected chi connectivity index (χ3v) is 3.63. The molecule has 2 rings (SSSR count). The van der Waals surface area contributed by atoms with E-state index in [1.165, 1.54) is 5.56 Å². The molecule has 0 unspecified atom stereocenters. The summed E-state index contributed by atoms with van der Waals surface area (Å²) in [7, 11) is 0. The number of hydrogen-bond acceptors (Lipinski definition) is 2. The molecule has 0 saturated heterocycles. The second-order valence-electron chi connectivity index (χ2n) is 4.56. The maximum absolute atomic E-state index is 6.12. The van der Waals surface area contributed by atoms with E-state index in [2.05, 4.69) is 11.2 Å². The van der Waals surface area contributed by atoms with E-state index in [1.54, 1.807) is 0 Å². The molecule has 0 radical (unpaired) electrons. The van der Waals surface area contributed by atoms with Crippen LogP contribution in [-0.2, 0) is 13.0 Å². The van der Waals surface area contributed by atoms with Crippen molar-refractivity contribution in [3.05, 3.63) is 46.2 Å². The van der Waals surface area contributed by atoms with Gasteiger partial charge in [0.15, 0.2) is 0 Å². The SMILES string of the molecule is Cc1nn(CCCc2cccc(N)c2)c(C)c1Cl. The maximum Gasteiger partial charge on any atom is 0.0844 e. The first-order valence-electron chi connectivity index (χ1n) is 6.12. The second-order valence-corrected chi connectivity index (χ2v) is 4.93. The number of nitrogens with two attached hydrogens (primary N) is 1. The summed E-state index contributed by atoms with van der Waals surface area (Å²) in [6.07, 6.45) is 2.03. The van der Waals surface area contributed by atoms with Crippen LogP contribution in [0.25, 0.3) is 0 Å². The molecule has 0 bridgehead atoms. The molecule has 4 heteroatoms. The van der Waals surface area contributed by atoms with E-state index in [4.69, 9.17) is 17.3 Å². The lowest BCUT2D eigenvalue weighted by atomic mass is 10.1. The fourth-order valence-corrected chi connectivity index (χ4v) is 2.21. The molecule has 0 aliphatic carbocycles. The zero-order valence-electron chi connectivity index (χ0n) is 10.8. The fourth-order valence-electron chi connectivity index (χ4n) is 2.07. The van der Waals surface area contributed by atoms with E-state index in [9.17, 15) is 0 Å². The van der Waals surface area contributed by atoms with Gasteiger partial charge in [0.2, 0.25) is 0 Å². The number of aryl methyl sites for hydroxylation is 3. The van der Waals surface area contributed by atoms with Crippen molar-refractivity contribution in [1.29, 1.82) is 0 Å². The molecule has 0 aliphatic heterocycles. The summed E-state index contributed by atoms with van der Waals surface area (Å²) in [4.78, 5) is 0. The first-order valence-corrected chi connectivity index (χ1v) is 6.49. The number of nitrogen functional groups attached to an aromatic ring is 1. The number of halogens is 1. The van der Waals surface area contributed by atoms with E-state index in [1.807, 2.05) is 36.7 Å². The molecule has 0 aliphatic rings. The summed E-state index contributed by atoms with van der Waals surface area (Å²) in [6.45, 7) is 4.82. The highest BCUT2D eigenvalue weighted by atomic mass is 35.5. The molecule has 0 fully saturated rings. The van der Waals surface area contributed by atoms with Crippen LogP contribution in [0, 0.1) is 13.8 Å². The van der Waals surface area contributed by atoms with Crippen molar-refractivity contribution in [2.24, 2.45) is 0 Å². The third-order valence-electron chi connectivity index (χ3n) is 3.08. The van der Waals surface area contributed by atoms with Gasteiger partial charge in [0.25, 0.3) is 0 Å². The van der Waals surface area contributed by atoms with Gasteiger partial charge in [-0.05, 0) is 44.4 Å². The van der Waals surface area contributed by atoms with Gasteiger partial charge in [-0.15, -0.1) is 0 Å². The van der Waals surface area contributed by atoms with Crippen LogP contribution in [-0.4, -0.2) is 9.78 Å². The molecule has 0 spiro atoms. The predicted octanol–water partition coefficient (Wildman–Crippen LogP) is 3.37. The van der Waals surface area contributed by atoms with Gasteiger partial charge in [0.05, 0.1) is 16.4 Å². The normalized spacial score (nSPS) is 10.8. The molecule has 2 N–H and O–H groups in total. The first-order chi connectivity index (χ1) is 8.58. The molecule has 2 aromatic rings. The number of anilines is 1. The van der Waals surface area contributed by atoms with Crippen molar-refractivity contribution in [2.75, 3.05) is 5.73 Å². The highest BCUT2D eigenvalue weighted by molar-refractivity contribution is 6.31. The zero-order valence-corrected chi connectivity index (χ0v) is 11.5. The van der Waals surface area contributed by atoms with E-state index >= 15 is 0 Å². The summed E-state index contributed by atoms with van der Waals surface area (Å²) < 4.78 is 1.98. The quantitative estimate of drug-likeness (QED) is 0.860. The Hall–Kier alpha value is -1.48. The van der Waals surface area contributed by atoms with E-state index in [-0.39, 0.29) is 0 Å². The Kier molecular flexibility index (Phi) is 3.92. The van der Waals surface area contributed by atoms with Crippen LogP contribution in [0.15, 0.2) is 24.3 Å². The topological polar surface area (TPSA) is 43.8 Å². The van der Waals surface area contributed by atoms with Gasteiger partial charge >= 0.3 is 0 Å². The van der Waals surface area contributed by atoms with Gasteiger partial charge in [0.1, 0.15) is 0 Å². The average molecular weight is 264 g/mol. The van der Waals surface area contributed by atoms with Crippen molar-refractivity contribution >= 4 is 17.3 Å². The van der Waals surface area contributed by atoms with Crippen LogP contribution in [0.5, 0.6) is 0 Å². The predicted molar refractivity (Wildman–Crippen MR) is 75.9 cm³/mol. The summed E-state index contributed by atoms with van der Waals surface area (Å²) in [5.41, 5.74) is 9.79. The number of hydrogen-bond donors (Lipinski definition) is 1. The third kappa shape index (κ3) is 2.85. The first kappa shape index (κ1) is 13.0. The minimum absolute atomic E-state index is 0.777. The summed E-state index contributed by atoms with van der Waals surface area (Å²) >= 11 is 6.12. The van der Waals surface area contributed by atoms with Crippen LogP contribution < -0.4 is 5.73 Å². The summed E-state index contributed by atoms with van der Waals surface area (Å²) in [5.74, 6) is 0. The monoisotopic (exact) mass is 263 g/mol. The summed E-state index contributed by atoms with van der Waals surface area (Å²) in [6, 6.07) is 8.02. The molecule has 0 saturated carbocycles. The fraction of sp³-hybridized carbons (Fsp3) is 0.357.